The van der Waals surface area contributed by atoms with Crippen molar-refractivity contribution in [2.24, 2.45) is 5.92 Å². The first-order valence-electron chi connectivity index (χ1n) is 14.2. The Labute approximate surface area is 254 Å². The van der Waals surface area contributed by atoms with E-state index >= 15 is 0 Å². The summed E-state index contributed by atoms with van der Waals surface area (Å²) in [6.07, 6.45) is 7.88. The van der Waals surface area contributed by atoms with Gasteiger partial charge in [-0.15, -0.1) is 24.8 Å². The summed E-state index contributed by atoms with van der Waals surface area (Å²) in [5, 5.41) is 5.51. The van der Waals surface area contributed by atoms with Gasteiger partial charge in [0, 0.05) is 0 Å². The van der Waals surface area contributed by atoms with Crippen molar-refractivity contribution in [3.63, 3.8) is 0 Å². The van der Waals surface area contributed by atoms with E-state index in [9.17, 15) is 0 Å². The summed E-state index contributed by atoms with van der Waals surface area (Å²) in [7, 11) is 2.45. The van der Waals surface area contributed by atoms with E-state index in [-0.39, 0.29) is 24.8 Å². The van der Waals surface area contributed by atoms with Crippen molar-refractivity contribution in [3.8, 4) is 22.3 Å². The second kappa shape index (κ2) is 10.6. The molecule has 0 spiro atoms. The van der Waals surface area contributed by atoms with Gasteiger partial charge in [-0.3, -0.25) is 0 Å². The zero-order chi connectivity index (χ0) is 26.1. The number of hydrogen-bond donors (Lipinski definition) is 0. The van der Waals surface area contributed by atoms with Gasteiger partial charge >= 0.3 is 231 Å². The first kappa shape index (κ1) is 29.4. The fourth-order valence-electron chi connectivity index (χ4n) is 7.97. The van der Waals surface area contributed by atoms with Crippen LogP contribution in [0.5, 0.6) is 0 Å². The van der Waals surface area contributed by atoms with E-state index in [0.717, 1.165) is 5.92 Å². The molecule has 0 N–H and O–H groups in total. The van der Waals surface area contributed by atoms with Crippen LogP contribution in [0.1, 0.15) is 50.5 Å². The number of rotatable bonds is 5. The Morgan fingerprint density at radius 3 is 1.57 bits per heavy atom. The van der Waals surface area contributed by atoms with E-state index in [1.807, 2.05) is 0 Å². The molecule has 0 radical (unpaired) electrons. The molecule has 40 heavy (non-hydrogen) atoms. The summed E-state index contributed by atoms with van der Waals surface area (Å²) in [5.41, 5.74) is 14.9. The molecule has 2 atom stereocenters. The van der Waals surface area contributed by atoms with E-state index in [0.29, 0.717) is 8.45 Å². The molecule has 3 aliphatic rings. The Bertz CT molecular complexity index is 1710. The van der Waals surface area contributed by atoms with E-state index in [4.69, 9.17) is 0 Å². The van der Waals surface area contributed by atoms with Gasteiger partial charge in [-0.05, 0) is 0 Å². The molecule has 2 unspecified atom stereocenters. The van der Waals surface area contributed by atoms with Crippen molar-refractivity contribution >= 4 is 44.6 Å². The van der Waals surface area contributed by atoms with E-state index in [1.54, 1.807) is 22.3 Å². The molecule has 0 bridgehead atoms. The Morgan fingerprint density at radius 1 is 0.600 bits per heavy atom. The Hall–Kier alpha value is -2.13. The summed E-state index contributed by atoms with van der Waals surface area (Å²) in [6, 6.07) is 36.2. The Balaban J connectivity index is 0.00000161. The summed E-state index contributed by atoms with van der Waals surface area (Å²) in [6.45, 7) is 2.42. The monoisotopic (exact) mass is 616 g/mol. The number of halogens is 2. The van der Waals surface area contributed by atoms with Gasteiger partial charge < -0.3 is 0 Å². The molecule has 4 aromatic rings. The number of fused-ring (bicyclic) bond motifs is 2. The van der Waals surface area contributed by atoms with Gasteiger partial charge in [0.05, 0.1) is 0 Å². The smallest absolute Gasteiger partial charge is 0.147 e. The molecule has 204 valence electrons. The molecule has 4 aromatic carbocycles. The van der Waals surface area contributed by atoms with Gasteiger partial charge in [-0.25, -0.2) is 0 Å². The van der Waals surface area contributed by atoms with Crippen LogP contribution in [0.15, 0.2) is 108 Å². The second-order valence-electron chi connectivity index (χ2n) is 13.0. The summed E-state index contributed by atoms with van der Waals surface area (Å²) in [4.78, 5) is 0. The van der Waals surface area contributed by atoms with Crippen LogP contribution in [0.3, 0.4) is 0 Å². The first-order chi connectivity index (χ1) is 18.3. The zero-order valence-electron chi connectivity index (χ0n) is 23.6. The molecular weight excluding hydrogens is 579 g/mol. The van der Waals surface area contributed by atoms with Crippen LogP contribution in [0.4, 0.5) is 0 Å². The van der Waals surface area contributed by atoms with E-state index < -0.39 is 14.0 Å². The Morgan fingerprint density at radius 2 is 1.07 bits per heavy atom. The predicted octanol–water partition coefficient (Wildman–Crippen LogP) is 10.2. The molecule has 0 nitrogen and oxygen atoms in total. The summed E-state index contributed by atoms with van der Waals surface area (Å²) in [5.74, 6) is 0.768. The second-order valence-corrected chi connectivity index (χ2v) is 33.1. The van der Waals surface area contributed by atoms with Gasteiger partial charge in [-0.2, -0.15) is 0 Å². The third-order valence-corrected chi connectivity index (χ3v) is 21.0. The van der Waals surface area contributed by atoms with Crippen molar-refractivity contribution in [2.75, 3.05) is 0 Å². The fraction of sp³-hybridized carbons (Fsp3) is 0.222. The average molecular weight is 618 g/mol. The minimum atomic E-state index is -3.27. The zero-order valence-corrected chi connectivity index (χ0v) is 28.2. The van der Waals surface area contributed by atoms with E-state index in [2.05, 4.69) is 134 Å². The molecule has 3 aliphatic carbocycles. The average Bonchev–Trinajstić information content (AvgIpc) is 3.58. The summed E-state index contributed by atoms with van der Waals surface area (Å²) < 4.78 is 1.12. The minimum absolute atomic E-state index is 0. The first-order valence-corrected chi connectivity index (χ1v) is 23.1. The topological polar surface area (TPSA) is 0 Å². The number of hydrogen-bond acceptors (Lipinski definition) is 0. The van der Waals surface area contributed by atoms with Crippen molar-refractivity contribution in [1.29, 1.82) is 0 Å². The third kappa shape index (κ3) is 4.65. The van der Waals surface area contributed by atoms with Crippen LogP contribution in [0, 0.1) is 5.92 Å². The maximum atomic E-state index is 2.76. The van der Waals surface area contributed by atoms with Crippen LogP contribution in [-0.4, -0.2) is 7.63 Å². The molecule has 0 aromatic heterocycles. The fourth-order valence-corrected chi connectivity index (χ4v) is 21.3. The summed E-state index contributed by atoms with van der Waals surface area (Å²) >= 11 is -3.27. The van der Waals surface area contributed by atoms with Crippen molar-refractivity contribution in [3.05, 3.63) is 130 Å². The SMILES string of the molecule is CC1=Cc2c(-c3ccccc3)cccc2[CH]1[Ti]([CH3])([CH3])(=[SiH2])[CH]1C(C2CC2)=Cc2c(-c3ccccc3)cccc21.Cl.Cl. The van der Waals surface area contributed by atoms with Gasteiger partial charge in [0.25, 0.3) is 0 Å². The largest absolute Gasteiger partial charge is 0.147 e. The normalized spacial score (nSPS) is 19.5. The molecule has 1 fully saturated rings. The van der Waals surface area contributed by atoms with Crippen LogP contribution in [0.25, 0.3) is 34.4 Å². The van der Waals surface area contributed by atoms with Crippen molar-refractivity contribution in [2.45, 2.75) is 38.7 Å². The van der Waals surface area contributed by atoms with Gasteiger partial charge in [-0.1, -0.05) is 0 Å². The molecule has 7 rings (SSSR count). The van der Waals surface area contributed by atoms with E-state index in [1.165, 1.54) is 46.2 Å². The Kier molecular flexibility index (Phi) is 7.79. The molecule has 0 heterocycles. The molecule has 4 heteroatoms. The van der Waals surface area contributed by atoms with Crippen LogP contribution in [0.2, 0.25) is 10.5 Å². The van der Waals surface area contributed by atoms with Crippen molar-refractivity contribution in [1.82, 2.24) is 0 Å². The van der Waals surface area contributed by atoms with Gasteiger partial charge in [0.1, 0.15) is 0 Å². The molecule has 0 saturated heterocycles. The predicted molar refractivity (Wildman–Crippen MR) is 178 cm³/mol. The van der Waals surface area contributed by atoms with Crippen LogP contribution >= 0.6 is 24.8 Å². The maximum absolute atomic E-state index is 3.27. The molecular formula is C36H38Cl2SiTi. The van der Waals surface area contributed by atoms with Gasteiger partial charge in [0.15, 0.2) is 0 Å². The van der Waals surface area contributed by atoms with Crippen LogP contribution in [-0.2, 0) is 14.0 Å². The van der Waals surface area contributed by atoms with Crippen molar-refractivity contribution < 1.29 is 14.0 Å². The molecule has 0 aliphatic heterocycles. The van der Waals surface area contributed by atoms with Crippen LogP contribution < -0.4 is 0 Å². The number of allylic oxidation sites excluding steroid dienone is 2. The molecule has 0 amide bonds. The maximum Gasteiger partial charge on any atom is -0.147 e. The van der Waals surface area contributed by atoms with Gasteiger partial charge in [0.2, 0.25) is 0 Å². The standard InChI is InChI=1S/C18H15.C16H13.2CH3.2ClH.H2Si.Ti/c1-2-5-14(6-3-1)17-8-4-7-15-11-16(12-18(15)17)13-9-10-13;1-12-10-14-8-5-9-15(16(14)11-12)13-6-3-2-4-7-13;;;;;;/h1-8,11-13H,9-10H2;2-11H,1H3;2*1H3;2*1H;1H2;. The number of benzene rings is 4. The third-order valence-electron chi connectivity index (χ3n) is 9.49. The quantitative estimate of drug-likeness (QED) is 0.196. The minimum Gasteiger partial charge on any atom is -0.147 e. The molecule has 1 saturated carbocycles.